The summed E-state index contributed by atoms with van der Waals surface area (Å²) in [6.45, 7) is 13.7. The third-order valence-electron chi connectivity index (χ3n) is 3.70. The van der Waals surface area contributed by atoms with Crippen LogP contribution < -0.4 is 9.47 Å². The van der Waals surface area contributed by atoms with Gasteiger partial charge >= 0.3 is 0 Å². The number of phenolic OH excluding ortho intramolecular Hbond substituents is 1. The Balaban J connectivity index is -0.000000495. The Bertz CT molecular complexity index is 848. The monoisotopic (exact) mass is 469 g/mol. The summed E-state index contributed by atoms with van der Waals surface area (Å²) in [6, 6.07) is 13.9. The molecule has 0 aliphatic heterocycles. The minimum absolute atomic E-state index is 0.0269. The summed E-state index contributed by atoms with van der Waals surface area (Å²) >= 11 is 0. The molecular weight excluding hydrogens is 430 g/mol. The number of allylic oxidation sites excluding steroid dienone is 3. The zero-order valence-electron chi connectivity index (χ0n) is 21.7. The fraction of sp³-hybridized carbons (Fsp3) is 0.321. The van der Waals surface area contributed by atoms with Crippen molar-refractivity contribution in [3.8, 4) is 23.3 Å². The summed E-state index contributed by atoms with van der Waals surface area (Å²) in [6.07, 6.45) is 6.76. The molecule has 0 saturated heterocycles. The molecule has 0 unspecified atom stereocenters. The third kappa shape index (κ3) is 16.8. The Morgan fingerprint density at radius 2 is 1.41 bits per heavy atom. The summed E-state index contributed by atoms with van der Waals surface area (Å²) in [5.74, 6) is 0.658. The topological polar surface area (TPSA) is 96.6 Å². The highest BCUT2D eigenvalue weighted by Crippen LogP contribution is 2.37. The van der Waals surface area contributed by atoms with Crippen LogP contribution in [0.3, 0.4) is 0 Å². The molecule has 6 heteroatoms. The average molecular weight is 470 g/mol. The van der Waals surface area contributed by atoms with Crippen molar-refractivity contribution in [3.63, 3.8) is 0 Å². The van der Waals surface area contributed by atoms with Gasteiger partial charge < -0.3 is 24.2 Å². The van der Waals surface area contributed by atoms with E-state index in [2.05, 4.69) is 38.1 Å². The average Bonchev–Trinajstić information content (AvgIpc) is 2.89. The van der Waals surface area contributed by atoms with E-state index in [1.165, 1.54) is 25.3 Å². The predicted molar refractivity (Wildman–Crippen MR) is 140 cm³/mol. The molecule has 0 aromatic heterocycles. The number of aromatic hydroxyl groups is 1. The van der Waals surface area contributed by atoms with Crippen LogP contribution in [-0.2, 0) is 9.59 Å². The van der Waals surface area contributed by atoms with Gasteiger partial charge in [0.25, 0.3) is 0 Å². The second kappa shape index (κ2) is 23.8. The molecule has 0 spiro atoms. The van der Waals surface area contributed by atoms with Gasteiger partial charge in [0, 0.05) is 12.0 Å². The SMILES string of the molecule is C=O.CC.CCC=O.COc1cc(/C=C/C=C(/C)C#N)cc(OC)c1O.Cc1ccc(C)cc1. The third-order valence-corrected chi connectivity index (χ3v) is 3.70. The van der Waals surface area contributed by atoms with Gasteiger partial charge in [0.15, 0.2) is 11.5 Å². The highest BCUT2D eigenvalue weighted by molar-refractivity contribution is 5.62. The van der Waals surface area contributed by atoms with Gasteiger partial charge in [0.05, 0.1) is 20.3 Å². The molecular formula is C28H39NO5. The smallest absolute Gasteiger partial charge is 0.200 e. The summed E-state index contributed by atoms with van der Waals surface area (Å²) in [5, 5.41) is 18.3. The first kappa shape index (κ1) is 34.8. The predicted octanol–water partition coefficient (Wildman–Crippen LogP) is 6.63. The van der Waals surface area contributed by atoms with Crippen molar-refractivity contribution >= 4 is 19.2 Å². The number of hydrogen-bond donors (Lipinski definition) is 1. The van der Waals surface area contributed by atoms with E-state index in [0.29, 0.717) is 23.5 Å². The number of aryl methyl sites for hydroxylation is 2. The lowest BCUT2D eigenvalue weighted by Crippen LogP contribution is -1.90. The lowest BCUT2D eigenvalue weighted by Gasteiger charge is -2.09. The lowest BCUT2D eigenvalue weighted by molar-refractivity contribution is -0.107. The summed E-state index contributed by atoms with van der Waals surface area (Å²) in [4.78, 5) is 17.2. The maximum atomic E-state index is 9.74. The molecule has 2 rings (SSSR count). The Kier molecular flexibility index (Phi) is 24.3. The molecule has 0 bridgehead atoms. The molecule has 1 N–H and O–H groups in total. The Morgan fingerprint density at radius 1 is 1.03 bits per heavy atom. The van der Waals surface area contributed by atoms with Crippen molar-refractivity contribution in [1.29, 1.82) is 5.26 Å². The summed E-state index contributed by atoms with van der Waals surface area (Å²) in [7, 11) is 2.95. The van der Waals surface area contributed by atoms with Crippen LogP contribution in [0.2, 0.25) is 0 Å². The van der Waals surface area contributed by atoms with E-state index >= 15 is 0 Å². The first-order valence-electron chi connectivity index (χ1n) is 10.8. The molecule has 0 heterocycles. The number of carbonyl (C=O) groups is 2. The largest absolute Gasteiger partial charge is 0.502 e. The molecule has 0 aliphatic carbocycles. The van der Waals surface area contributed by atoms with Crippen LogP contribution >= 0.6 is 0 Å². The van der Waals surface area contributed by atoms with Gasteiger partial charge in [-0.25, -0.2) is 0 Å². The fourth-order valence-corrected chi connectivity index (χ4v) is 1.99. The van der Waals surface area contributed by atoms with Crippen LogP contribution in [0.15, 0.2) is 54.1 Å². The highest BCUT2D eigenvalue weighted by Gasteiger charge is 2.09. The molecule has 0 atom stereocenters. The Morgan fingerprint density at radius 3 is 1.71 bits per heavy atom. The van der Waals surface area contributed by atoms with Gasteiger partial charge in [-0.3, -0.25) is 0 Å². The molecule has 0 fully saturated rings. The number of benzene rings is 2. The van der Waals surface area contributed by atoms with E-state index in [-0.39, 0.29) is 5.75 Å². The molecule has 6 nitrogen and oxygen atoms in total. The van der Waals surface area contributed by atoms with Gasteiger partial charge in [-0.1, -0.05) is 68.3 Å². The van der Waals surface area contributed by atoms with Crippen LogP contribution in [0.4, 0.5) is 0 Å². The fourth-order valence-electron chi connectivity index (χ4n) is 1.99. The number of aldehydes is 1. The van der Waals surface area contributed by atoms with E-state index in [0.717, 1.165) is 11.8 Å². The maximum absolute atomic E-state index is 9.74. The summed E-state index contributed by atoms with van der Waals surface area (Å²) in [5.41, 5.74) is 4.08. The zero-order valence-corrected chi connectivity index (χ0v) is 21.7. The number of phenols is 1. The molecule has 0 saturated carbocycles. The van der Waals surface area contributed by atoms with Gasteiger partial charge in [-0.05, 0) is 44.5 Å². The molecule has 2 aromatic carbocycles. The van der Waals surface area contributed by atoms with Crippen molar-refractivity contribution in [2.45, 2.75) is 48.0 Å². The van der Waals surface area contributed by atoms with Crippen LogP contribution in [0, 0.1) is 25.2 Å². The van der Waals surface area contributed by atoms with Gasteiger partial charge in [0.2, 0.25) is 5.75 Å². The normalized spacial score (nSPS) is 9.21. The van der Waals surface area contributed by atoms with Gasteiger partial charge in [-0.15, -0.1) is 0 Å². The minimum Gasteiger partial charge on any atom is -0.502 e. The maximum Gasteiger partial charge on any atom is 0.200 e. The van der Waals surface area contributed by atoms with E-state index in [4.69, 9.17) is 19.5 Å². The van der Waals surface area contributed by atoms with Crippen LogP contribution in [0.5, 0.6) is 17.2 Å². The van der Waals surface area contributed by atoms with Crippen LogP contribution in [0.1, 0.15) is 50.8 Å². The molecule has 0 amide bonds. The van der Waals surface area contributed by atoms with Gasteiger partial charge in [0.1, 0.15) is 13.1 Å². The summed E-state index contributed by atoms with van der Waals surface area (Å²) < 4.78 is 10.1. The number of rotatable bonds is 5. The number of nitrogens with zero attached hydrogens (tertiary/aromatic N) is 1. The van der Waals surface area contributed by atoms with Gasteiger partial charge in [-0.2, -0.15) is 5.26 Å². The molecule has 0 radical (unpaired) electrons. The lowest BCUT2D eigenvalue weighted by atomic mass is 10.1. The quantitative estimate of drug-likeness (QED) is 0.300. The molecule has 186 valence electrons. The van der Waals surface area contributed by atoms with E-state index in [9.17, 15) is 9.90 Å². The molecule has 34 heavy (non-hydrogen) atoms. The van der Waals surface area contributed by atoms with Crippen LogP contribution in [-0.4, -0.2) is 32.4 Å². The van der Waals surface area contributed by atoms with Crippen molar-refractivity contribution in [3.05, 3.63) is 70.8 Å². The van der Waals surface area contributed by atoms with Crippen molar-refractivity contribution < 1.29 is 24.2 Å². The second-order valence-electron chi connectivity index (χ2n) is 6.32. The van der Waals surface area contributed by atoms with Crippen molar-refractivity contribution in [2.75, 3.05) is 14.2 Å². The van der Waals surface area contributed by atoms with Crippen LogP contribution in [0.25, 0.3) is 6.08 Å². The number of carbonyl (C=O) groups excluding carboxylic acids is 2. The highest BCUT2D eigenvalue weighted by atomic mass is 16.5. The van der Waals surface area contributed by atoms with Crippen molar-refractivity contribution in [1.82, 2.24) is 0 Å². The first-order valence-corrected chi connectivity index (χ1v) is 10.8. The standard InChI is InChI=1S/C14H15NO3.C8H10.C3H6O.C2H6.CH2O/c1-10(9-15)5-4-6-11-7-12(17-2)14(16)13(8-11)18-3;1-7-3-5-8(2)6-4-7;1-2-3-4;2*1-2/h4-8,16H,1-3H3;3-6H,1-2H3;3H,2H2,1H3;1-2H3;1H2/b6-4+,10-5-;;;;. The first-order chi connectivity index (χ1) is 16.3. The number of hydrogen-bond acceptors (Lipinski definition) is 6. The van der Waals surface area contributed by atoms with E-state index in [1.807, 2.05) is 33.6 Å². The second-order valence-corrected chi connectivity index (χ2v) is 6.32. The molecule has 0 aliphatic rings. The van der Waals surface area contributed by atoms with E-state index in [1.54, 1.807) is 37.3 Å². The zero-order chi connectivity index (χ0) is 26.9. The minimum atomic E-state index is -0.0269. The number of nitriles is 1. The Labute approximate surface area is 205 Å². The number of methoxy groups -OCH3 is 2. The number of ether oxygens (including phenoxy) is 2. The Hall–Kier alpha value is -3.85. The van der Waals surface area contributed by atoms with Crippen molar-refractivity contribution in [2.24, 2.45) is 0 Å². The molecule has 2 aromatic rings. The van der Waals surface area contributed by atoms with E-state index < -0.39 is 0 Å².